The van der Waals surface area contributed by atoms with Crippen molar-refractivity contribution in [3.63, 3.8) is 0 Å². The van der Waals surface area contributed by atoms with Crippen LogP contribution in [0.3, 0.4) is 0 Å². The van der Waals surface area contributed by atoms with E-state index in [2.05, 4.69) is 54.0 Å². The second kappa shape index (κ2) is 19.3. The average molecular weight is 858 g/mol. The molecular weight excluding hydrogens is 799 g/mol. The van der Waals surface area contributed by atoms with Gasteiger partial charge in [-0.1, -0.05) is 57.5 Å². The number of hydrogen-bond donors (Lipinski definition) is 3. The number of para-hydroxylation sites is 1. The number of benzene rings is 2. The lowest BCUT2D eigenvalue weighted by Gasteiger charge is -2.36. The SMILES string of the molecule is CC(C)(CNC(=O)CCCC[C@@H]1SC[C@@H]2NC(=O)N[C@@H]21)COCC(C)(C)Cn1cc(-c2ccc(OCC(=O)N3CCC(N4CC(=O)N(c5ccccc5)C4=O)CC3)cc2)nn1. The number of ether oxygens (including phenoxy) is 2. The van der Waals surface area contributed by atoms with Gasteiger partial charge >= 0.3 is 12.1 Å². The molecule has 16 nitrogen and oxygen atoms in total. The number of fused-ring (bicyclic) bond motifs is 1. The summed E-state index contributed by atoms with van der Waals surface area (Å²) in [5.41, 5.74) is 1.69. The number of anilines is 1. The van der Waals surface area contributed by atoms with Crippen molar-refractivity contribution in [2.75, 3.05) is 56.7 Å². The van der Waals surface area contributed by atoms with E-state index in [0.29, 0.717) is 75.3 Å². The summed E-state index contributed by atoms with van der Waals surface area (Å²) in [4.78, 5) is 67.7. The Balaban J connectivity index is 0.769. The molecule has 4 saturated heterocycles. The van der Waals surface area contributed by atoms with E-state index in [1.54, 1.807) is 34.1 Å². The molecule has 3 N–H and O–H groups in total. The van der Waals surface area contributed by atoms with Gasteiger partial charge in [-0.2, -0.15) is 11.8 Å². The van der Waals surface area contributed by atoms with Crippen LogP contribution < -0.4 is 25.6 Å². The number of piperidine rings is 1. The fraction of sp³-hybridized carbons (Fsp3) is 0.568. The third-order valence-electron chi connectivity index (χ3n) is 11.7. The summed E-state index contributed by atoms with van der Waals surface area (Å²) in [5.74, 6) is 1.20. The Labute approximate surface area is 361 Å². The first kappa shape index (κ1) is 43.9. The van der Waals surface area contributed by atoms with Crippen molar-refractivity contribution in [1.82, 2.24) is 40.7 Å². The minimum atomic E-state index is -0.309. The molecule has 7 rings (SSSR count). The standard InChI is InChI=1S/C44H59N9O7S/c1-43(2,26-45-37(54)13-9-8-12-36-40-35(25-61-36)46-41(57)47-40)28-59-29-44(3,4)27-51-22-34(48-49-51)30-14-16-33(17-15-30)60-24-39(56)50-20-18-31(19-21-50)52-23-38(55)53(42(52)58)32-10-6-5-7-11-32/h5-7,10-11,14-17,22,31,35-36,40H,8-9,12-13,18-21,23-29H2,1-4H3,(H,45,54)(H2,46,47,57)/t35-,36-,40-/m0/s1. The number of amides is 7. The summed E-state index contributed by atoms with van der Waals surface area (Å²) < 4.78 is 13.8. The number of urea groups is 2. The molecule has 0 spiro atoms. The highest BCUT2D eigenvalue weighted by atomic mass is 32.2. The molecule has 4 aliphatic rings. The Kier molecular flexibility index (Phi) is 13.9. The maximum absolute atomic E-state index is 13.1. The van der Waals surface area contributed by atoms with Crippen LogP contribution in [0.25, 0.3) is 11.3 Å². The number of nitrogens with zero attached hydrogens (tertiary/aromatic N) is 6. The highest BCUT2D eigenvalue weighted by molar-refractivity contribution is 8.00. The molecule has 5 heterocycles. The quantitative estimate of drug-likeness (QED) is 0.0870. The van der Waals surface area contributed by atoms with E-state index < -0.39 is 0 Å². The Morgan fingerprint density at radius 1 is 0.934 bits per heavy atom. The zero-order valence-electron chi connectivity index (χ0n) is 35.6. The molecule has 7 amide bonds. The van der Waals surface area contributed by atoms with Crippen LogP contribution in [0.15, 0.2) is 60.8 Å². The van der Waals surface area contributed by atoms with Crippen molar-refractivity contribution in [1.29, 1.82) is 0 Å². The molecule has 0 unspecified atom stereocenters. The molecule has 0 saturated carbocycles. The highest BCUT2D eigenvalue weighted by Crippen LogP contribution is 2.33. The Morgan fingerprint density at radius 2 is 1.67 bits per heavy atom. The number of thioether (sulfide) groups is 1. The van der Waals surface area contributed by atoms with Gasteiger partial charge in [-0.25, -0.2) is 14.5 Å². The number of rotatable bonds is 19. The second-order valence-electron chi connectivity index (χ2n) is 18.2. The number of carbonyl (C=O) groups excluding carboxylic acids is 5. The van der Waals surface area contributed by atoms with Gasteiger partial charge in [0.1, 0.15) is 18.0 Å². The maximum Gasteiger partial charge on any atom is 0.332 e. The number of unbranched alkanes of at least 4 members (excludes halogenated alkanes) is 1. The van der Waals surface area contributed by atoms with E-state index in [-0.39, 0.29) is 71.9 Å². The van der Waals surface area contributed by atoms with Crippen LogP contribution in [0.1, 0.15) is 66.2 Å². The molecule has 0 bridgehead atoms. The van der Waals surface area contributed by atoms with Crippen molar-refractivity contribution in [2.24, 2.45) is 10.8 Å². The van der Waals surface area contributed by atoms with E-state index in [4.69, 9.17) is 9.47 Å². The lowest BCUT2D eigenvalue weighted by atomic mass is 9.93. The minimum Gasteiger partial charge on any atom is -0.484 e. The zero-order valence-corrected chi connectivity index (χ0v) is 36.5. The predicted molar refractivity (Wildman–Crippen MR) is 232 cm³/mol. The summed E-state index contributed by atoms with van der Waals surface area (Å²) in [6.45, 7) is 11.5. The maximum atomic E-state index is 13.1. The Bertz CT molecular complexity index is 2020. The van der Waals surface area contributed by atoms with Crippen molar-refractivity contribution in [3.05, 3.63) is 60.8 Å². The molecule has 4 aliphatic heterocycles. The van der Waals surface area contributed by atoms with Gasteiger partial charge in [0.25, 0.3) is 11.8 Å². The van der Waals surface area contributed by atoms with E-state index in [1.165, 1.54) is 4.90 Å². The number of nitrogens with one attached hydrogen (secondary N) is 3. The van der Waals surface area contributed by atoms with Crippen LogP contribution in [0.2, 0.25) is 0 Å². The molecule has 3 aromatic rings. The number of hydrogen-bond acceptors (Lipinski definition) is 10. The first-order valence-corrected chi connectivity index (χ1v) is 22.4. The van der Waals surface area contributed by atoms with Gasteiger partial charge in [0.2, 0.25) is 5.91 Å². The van der Waals surface area contributed by atoms with Gasteiger partial charge in [0, 0.05) is 66.0 Å². The van der Waals surface area contributed by atoms with Crippen LogP contribution in [0, 0.1) is 10.8 Å². The molecule has 4 fully saturated rings. The molecule has 3 atom stereocenters. The molecule has 61 heavy (non-hydrogen) atoms. The van der Waals surface area contributed by atoms with Crippen LogP contribution in [-0.4, -0.2) is 130 Å². The summed E-state index contributed by atoms with van der Waals surface area (Å²) in [6, 6.07) is 16.3. The summed E-state index contributed by atoms with van der Waals surface area (Å²) >= 11 is 1.90. The van der Waals surface area contributed by atoms with Gasteiger partial charge in [-0.3, -0.25) is 19.1 Å². The van der Waals surface area contributed by atoms with Crippen LogP contribution >= 0.6 is 11.8 Å². The fourth-order valence-electron chi connectivity index (χ4n) is 8.37. The van der Waals surface area contributed by atoms with Gasteiger partial charge < -0.3 is 35.2 Å². The molecule has 1 aromatic heterocycles. The first-order chi connectivity index (χ1) is 29.2. The normalized spacial score (nSPS) is 20.8. The molecule has 2 aromatic carbocycles. The molecule has 0 radical (unpaired) electrons. The summed E-state index contributed by atoms with van der Waals surface area (Å²) in [7, 11) is 0. The monoisotopic (exact) mass is 857 g/mol. The van der Waals surface area contributed by atoms with E-state index in [1.807, 2.05) is 53.0 Å². The average Bonchev–Trinajstić information content (AvgIpc) is 4.02. The smallest absolute Gasteiger partial charge is 0.332 e. The lowest BCUT2D eigenvalue weighted by molar-refractivity contribution is -0.135. The first-order valence-electron chi connectivity index (χ1n) is 21.4. The van der Waals surface area contributed by atoms with Gasteiger partial charge in [-0.15, -0.1) is 5.10 Å². The minimum absolute atomic E-state index is 0.0460. The molecule has 0 aliphatic carbocycles. The fourth-order valence-corrected chi connectivity index (χ4v) is 9.91. The summed E-state index contributed by atoms with van der Waals surface area (Å²) in [6.07, 6.45) is 6.37. The third kappa shape index (κ3) is 11.4. The van der Waals surface area contributed by atoms with Gasteiger partial charge in [0.05, 0.1) is 37.2 Å². The van der Waals surface area contributed by atoms with E-state index in [0.717, 1.165) is 36.3 Å². The van der Waals surface area contributed by atoms with Crippen molar-refractivity contribution < 1.29 is 33.4 Å². The largest absolute Gasteiger partial charge is 0.484 e. The molecular formula is C44H59N9O7S. The zero-order chi connectivity index (χ0) is 43.1. The topological polar surface area (TPSA) is 180 Å². The van der Waals surface area contributed by atoms with Gasteiger partial charge in [0.15, 0.2) is 6.61 Å². The van der Waals surface area contributed by atoms with Crippen molar-refractivity contribution >= 4 is 47.2 Å². The summed E-state index contributed by atoms with van der Waals surface area (Å²) in [5, 5.41) is 18.3. The van der Waals surface area contributed by atoms with Crippen LogP contribution in [-0.2, 0) is 25.7 Å². The van der Waals surface area contributed by atoms with E-state index >= 15 is 0 Å². The van der Waals surface area contributed by atoms with Crippen molar-refractivity contribution in [2.45, 2.75) is 96.1 Å². The number of aromatic nitrogens is 3. The lowest BCUT2D eigenvalue weighted by Crippen LogP contribution is -2.49. The highest BCUT2D eigenvalue weighted by Gasteiger charge is 2.43. The van der Waals surface area contributed by atoms with Gasteiger partial charge in [-0.05, 0) is 62.1 Å². The van der Waals surface area contributed by atoms with Crippen LogP contribution in [0.5, 0.6) is 5.75 Å². The van der Waals surface area contributed by atoms with Crippen LogP contribution in [0.4, 0.5) is 15.3 Å². The van der Waals surface area contributed by atoms with E-state index in [9.17, 15) is 24.0 Å². The predicted octanol–water partition coefficient (Wildman–Crippen LogP) is 4.69. The number of carbonyl (C=O) groups is 5. The van der Waals surface area contributed by atoms with Crippen molar-refractivity contribution in [3.8, 4) is 17.0 Å². The second-order valence-corrected chi connectivity index (χ2v) is 19.4. The Morgan fingerprint density at radius 3 is 2.43 bits per heavy atom. The number of imide groups is 1. The number of likely N-dealkylation sites (tertiary alicyclic amines) is 1. The molecule has 17 heteroatoms. The third-order valence-corrected chi connectivity index (χ3v) is 13.2. The molecule has 328 valence electrons. The Hall–Kier alpha value is -5.16.